The Labute approximate surface area is 124 Å². The van der Waals surface area contributed by atoms with Crippen LogP contribution in [0.15, 0.2) is 0 Å². The molecule has 2 rings (SSSR count). The lowest BCUT2D eigenvalue weighted by atomic mass is 9.98. The number of hydrogen-bond donors (Lipinski definition) is 1. The maximum absolute atomic E-state index is 11.8. The van der Waals surface area contributed by atoms with Gasteiger partial charge in [0.05, 0.1) is 10.7 Å². The number of carbonyl (C=O) groups excluding carboxylic acids is 1. The van der Waals surface area contributed by atoms with Crippen LogP contribution in [0.1, 0.15) is 41.3 Å². The van der Waals surface area contributed by atoms with Crippen LogP contribution in [0.4, 0.5) is 0 Å². The van der Waals surface area contributed by atoms with E-state index >= 15 is 0 Å². The third kappa shape index (κ3) is 4.87. The number of aromatic nitrogens is 1. The summed E-state index contributed by atoms with van der Waals surface area (Å²) in [5, 5.41) is 4.18. The summed E-state index contributed by atoms with van der Waals surface area (Å²) in [6.45, 7) is 6.48. The van der Waals surface area contributed by atoms with Crippen LogP contribution < -0.4 is 5.32 Å². The third-order valence-corrected chi connectivity index (χ3v) is 4.82. The fourth-order valence-corrected chi connectivity index (χ4v) is 3.39. The minimum Gasteiger partial charge on any atom is -0.381 e. The van der Waals surface area contributed by atoms with E-state index in [1.807, 2.05) is 6.92 Å². The van der Waals surface area contributed by atoms with Crippen molar-refractivity contribution in [2.45, 2.75) is 46.0 Å². The quantitative estimate of drug-likeness (QED) is 0.821. The van der Waals surface area contributed by atoms with Gasteiger partial charge in [-0.25, -0.2) is 4.98 Å². The number of carbonyl (C=O) groups is 1. The number of thiazole rings is 1. The van der Waals surface area contributed by atoms with Crippen LogP contribution in [0.2, 0.25) is 0 Å². The van der Waals surface area contributed by atoms with Crippen LogP contribution in [0.5, 0.6) is 0 Å². The summed E-state index contributed by atoms with van der Waals surface area (Å²) in [5.74, 6) is 0.569. The lowest BCUT2D eigenvalue weighted by molar-refractivity contribution is -0.123. The molecule has 20 heavy (non-hydrogen) atoms. The van der Waals surface area contributed by atoms with Crippen LogP contribution >= 0.6 is 11.3 Å². The summed E-state index contributed by atoms with van der Waals surface area (Å²) in [6, 6.07) is 0. The minimum atomic E-state index is 0.159. The normalized spacial score (nSPS) is 19.0. The van der Waals surface area contributed by atoms with E-state index in [0.29, 0.717) is 12.3 Å². The van der Waals surface area contributed by atoms with Crippen LogP contribution in [0.25, 0.3) is 0 Å². The van der Waals surface area contributed by atoms with Gasteiger partial charge in [0.15, 0.2) is 0 Å². The van der Waals surface area contributed by atoms with Crippen molar-refractivity contribution in [2.24, 2.45) is 5.92 Å². The molecule has 5 heteroatoms. The first-order chi connectivity index (χ1) is 9.65. The van der Waals surface area contributed by atoms with E-state index < -0.39 is 0 Å². The predicted octanol–water partition coefficient (Wildman–Crippen LogP) is 2.63. The molecule has 1 fully saturated rings. The van der Waals surface area contributed by atoms with Crippen molar-refractivity contribution in [3.05, 3.63) is 15.6 Å². The largest absolute Gasteiger partial charge is 0.381 e. The average Bonchev–Trinajstić information content (AvgIpc) is 2.75. The summed E-state index contributed by atoms with van der Waals surface area (Å²) in [7, 11) is 0. The van der Waals surface area contributed by atoms with Gasteiger partial charge >= 0.3 is 0 Å². The zero-order valence-electron chi connectivity index (χ0n) is 12.4. The second-order valence-corrected chi connectivity index (χ2v) is 6.78. The zero-order chi connectivity index (χ0) is 14.4. The molecule has 1 N–H and O–H groups in total. The number of hydrogen-bond acceptors (Lipinski definition) is 4. The van der Waals surface area contributed by atoms with E-state index in [-0.39, 0.29) is 5.91 Å². The first-order valence-corrected chi connectivity index (χ1v) is 8.24. The van der Waals surface area contributed by atoms with E-state index in [1.165, 1.54) is 9.88 Å². The van der Waals surface area contributed by atoms with Crippen molar-refractivity contribution in [1.29, 1.82) is 0 Å². The van der Waals surface area contributed by atoms with Gasteiger partial charge < -0.3 is 10.1 Å². The van der Waals surface area contributed by atoms with Gasteiger partial charge in [-0.3, -0.25) is 4.79 Å². The molecule has 2 heterocycles. The maximum Gasteiger partial charge on any atom is 0.220 e. The Morgan fingerprint density at radius 1 is 1.50 bits per heavy atom. The SMILES string of the molecule is Cc1nc(CCCNC(=O)C[C@H]2CCCOC2)sc1C. The van der Waals surface area contributed by atoms with E-state index in [2.05, 4.69) is 17.2 Å². The van der Waals surface area contributed by atoms with Gasteiger partial charge in [-0.1, -0.05) is 0 Å². The zero-order valence-corrected chi connectivity index (χ0v) is 13.2. The van der Waals surface area contributed by atoms with E-state index in [0.717, 1.165) is 51.1 Å². The number of nitrogens with one attached hydrogen (secondary N) is 1. The molecule has 4 nitrogen and oxygen atoms in total. The van der Waals surface area contributed by atoms with Crippen molar-refractivity contribution in [3.63, 3.8) is 0 Å². The molecule has 112 valence electrons. The van der Waals surface area contributed by atoms with E-state index in [4.69, 9.17) is 4.74 Å². The molecule has 1 saturated heterocycles. The van der Waals surface area contributed by atoms with Crippen molar-refractivity contribution in [3.8, 4) is 0 Å². The van der Waals surface area contributed by atoms with Gasteiger partial charge in [-0.05, 0) is 39.0 Å². The van der Waals surface area contributed by atoms with Crippen molar-refractivity contribution < 1.29 is 9.53 Å². The van der Waals surface area contributed by atoms with Crippen molar-refractivity contribution >= 4 is 17.2 Å². The Morgan fingerprint density at radius 2 is 2.35 bits per heavy atom. The van der Waals surface area contributed by atoms with Crippen LogP contribution in [-0.2, 0) is 16.0 Å². The van der Waals surface area contributed by atoms with Gasteiger partial charge in [0, 0.05) is 37.5 Å². The van der Waals surface area contributed by atoms with Gasteiger partial charge in [0.25, 0.3) is 0 Å². The minimum absolute atomic E-state index is 0.159. The maximum atomic E-state index is 11.8. The smallest absolute Gasteiger partial charge is 0.220 e. The van der Waals surface area contributed by atoms with E-state index in [9.17, 15) is 4.79 Å². The van der Waals surface area contributed by atoms with Crippen molar-refractivity contribution in [2.75, 3.05) is 19.8 Å². The Kier molecular flexibility index (Phi) is 5.98. The highest BCUT2D eigenvalue weighted by molar-refractivity contribution is 7.11. The summed E-state index contributed by atoms with van der Waals surface area (Å²) < 4.78 is 5.39. The predicted molar refractivity (Wildman–Crippen MR) is 81.1 cm³/mol. The van der Waals surface area contributed by atoms with E-state index in [1.54, 1.807) is 11.3 Å². The highest BCUT2D eigenvalue weighted by Crippen LogP contribution is 2.18. The monoisotopic (exact) mass is 296 g/mol. The average molecular weight is 296 g/mol. The van der Waals surface area contributed by atoms with Crippen molar-refractivity contribution in [1.82, 2.24) is 10.3 Å². The molecule has 0 unspecified atom stereocenters. The van der Waals surface area contributed by atoms with Crippen LogP contribution in [0.3, 0.4) is 0 Å². The molecule has 1 aromatic heterocycles. The molecular weight excluding hydrogens is 272 g/mol. The van der Waals surface area contributed by atoms with Gasteiger partial charge in [0.1, 0.15) is 0 Å². The molecule has 0 aromatic carbocycles. The lowest BCUT2D eigenvalue weighted by Crippen LogP contribution is -2.29. The second kappa shape index (κ2) is 7.74. The number of rotatable bonds is 6. The molecule has 0 aliphatic carbocycles. The van der Waals surface area contributed by atoms with Crippen LogP contribution in [0, 0.1) is 19.8 Å². The Hall–Kier alpha value is -0.940. The summed E-state index contributed by atoms with van der Waals surface area (Å²) in [4.78, 5) is 17.6. The first kappa shape index (κ1) is 15.4. The first-order valence-electron chi connectivity index (χ1n) is 7.42. The Bertz CT molecular complexity index is 420. The van der Waals surface area contributed by atoms with Gasteiger partial charge in [-0.2, -0.15) is 0 Å². The summed E-state index contributed by atoms with van der Waals surface area (Å²) in [6.07, 6.45) is 4.71. The molecule has 1 aliphatic rings. The molecular formula is C15H24N2O2S. The number of aryl methyl sites for hydroxylation is 3. The van der Waals surface area contributed by atoms with Crippen LogP contribution in [-0.4, -0.2) is 30.6 Å². The van der Waals surface area contributed by atoms with Gasteiger partial charge in [-0.15, -0.1) is 11.3 Å². The molecule has 0 spiro atoms. The number of amides is 1. The van der Waals surface area contributed by atoms with Gasteiger partial charge in [0.2, 0.25) is 5.91 Å². The standard InChI is InChI=1S/C15H24N2O2S/c1-11-12(2)20-15(17-11)6-3-7-16-14(18)9-13-5-4-8-19-10-13/h13H,3-10H2,1-2H3,(H,16,18)/t13-/m1/s1. The molecule has 1 amide bonds. The Morgan fingerprint density at radius 3 is 3.00 bits per heavy atom. The fraction of sp³-hybridized carbons (Fsp3) is 0.733. The Balaban J connectivity index is 1.59. The fourth-order valence-electron chi connectivity index (χ4n) is 2.42. The molecule has 1 aliphatic heterocycles. The number of ether oxygens (including phenoxy) is 1. The third-order valence-electron chi connectivity index (χ3n) is 3.69. The molecule has 1 atom stereocenters. The number of nitrogens with zero attached hydrogens (tertiary/aromatic N) is 1. The highest BCUT2D eigenvalue weighted by atomic mass is 32.1. The molecule has 0 bridgehead atoms. The molecule has 1 aromatic rings. The lowest BCUT2D eigenvalue weighted by Gasteiger charge is -2.21. The topological polar surface area (TPSA) is 51.2 Å². The molecule has 0 saturated carbocycles. The second-order valence-electron chi connectivity index (χ2n) is 5.49. The highest BCUT2D eigenvalue weighted by Gasteiger charge is 2.17. The summed E-state index contributed by atoms with van der Waals surface area (Å²) in [5.41, 5.74) is 1.13. The summed E-state index contributed by atoms with van der Waals surface area (Å²) >= 11 is 1.76. The molecule has 0 radical (unpaired) electrons.